The van der Waals surface area contributed by atoms with Crippen molar-refractivity contribution in [2.24, 2.45) is 0 Å². The maximum atomic E-state index is 13.4. The van der Waals surface area contributed by atoms with Gasteiger partial charge in [0.15, 0.2) is 11.0 Å². The van der Waals surface area contributed by atoms with E-state index in [-0.39, 0.29) is 29.9 Å². The quantitative estimate of drug-likeness (QED) is 0.545. The molecule has 11 heteroatoms. The van der Waals surface area contributed by atoms with E-state index in [0.29, 0.717) is 30.7 Å². The Labute approximate surface area is 196 Å². The Hall–Kier alpha value is -2.50. The second kappa shape index (κ2) is 11.6. The first-order valence-electron chi connectivity index (χ1n) is 11.3. The summed E-state index contributed by atoms with van der Waals surface area (Å²) in [6, 6.07) is 6.15. The second-order valence-corrected chi connectivity index (χ2v) is 9.01. The van der Waals surface area contributed by atoms with Crippen molar-refractivity contribution < 1.29 is 18.7 Å². The third-order valence-corrected chi connectivity index (χ3v) is 6.76. The Morgan fingerprint density at radius 1 is 1.03 bits per heavy atom. The zero-order chi connectivity index (χ0) is 23.0. The first-order valence-corrected chi connectivity index (χ1v) is 12.3. The Morgan fingerprint density at radius 3 is 2.48 bits per heavy atom. The maximum absolute atomic E-state index is 13.4. The van der Waals surface area contributed by atoms with Gasteiger partial charge in [-0.15, -0.1) is 10.2 Å². The molecule has 2 amide bonds. The summed E-state index contributed by atoms with van der Waals surface area (Å²) in [5.41, 5.74) is 0.762. The van der Waals surface area contributed by atoms with Crippen molar-refractivity contribution in [1.29, 1.82) is 0 Å². The minimum absolute atomic E-state index is 0.0178. The lowest BCUT2D eigenvalue weighted by Crippen LogP contribution is -2.39. The van der Waals surface area contributed by atoms with Crippen molar-refractivity contribution in [3.05, 3.63) is 30.1 Å². The van der Waals surface area contributed by atoms with E-state index in [0.717, 1.165) is 51.1 Å². The van der Waals surface area contributed by atoms with Crippen molar-refractivity contribution in [1.82, 2.24) is 29.9 Å². The number of hydrogen-bond acceptors (Lipinski definition) is 7. The highest BCUT2D eigenvalue weighted by molar-refractivity contribution is 7.99. The number of carbonyl (C=O) groups is 2. The number of thioether (sulfide) groups is 1. The zero-order valence-electron chi connectivity index (χ0n) is 18.5. The van der Waals surface area contributed by atoms with Crippen LogP contribution in [0, 0.1) is 5.82 Å². The summed E-state index contributed by atoms with van der Waals surface area (Å²) in [6.07, 6.45) is 2.04. The number of rotatable bonds is 9. The summed E-state index contributed by atoms with van der Waals surface area (Å²) >= 11 is 1.28. The number of halogens is 1. The Balaban J connectivity index is 1.38. The number of morpholine rings is 1. The molecule has 0 atom stereocenters. The SMILES string of the molecule is O=C(CSc1nnc(-c2ccc(F)cc2)n1CCN1CCOCC1)NCC(=O)N1CCCC1. The highest BCUT2D eigenvalue weighted by Gasteiger charge is 2.20. The fraction of sp³-hybridized carbons (Fsp3) is 0.545. The number of hydrogen-bond donors (Lipinski definition) is 1. The van der Waals surface area contributed by atoms with Crippen LogP contribution in [0.15, 0.2) is 29.4 Å². The van der Waals surface area contributed by atoms with E-state index in [2.05, 4.69) is 20.4 Å². The van der Waals surface area contributed by atoms with Gasteiger partial charge in [0, 0.05) is 44.8 Å². The van der Waals surface area contributed by atoms with Crippen molar-refractivity contribution in [2.75, 3.05) is 58.2 Å². The van der Waals surface area contributed by atoms with Crippen LogP contribution in [0.1, 0.15) is 12.8 Å². The highest BCUT2D eigenvalue weighted by Crippen LogP contribution is 2.24. The fourth-order valence-corrected chi connectivity index (χ4v) is 4.70. The number of nitrogens with one attached hydrogen (secondary N) is 1. The molecule has 33 heavy (non-hydrogen) atoms. The van der Waals surface area contributed by atoms with Gasteiger partial charge in [0.25, 0.3) is 0 Å². The first kappa shape index (κ1) is 23.7. The molecule has 3 heterocycles. The minimum Gasteiger partial charge on any atom is -0.379 e. The number of aromatic nitrogens is 3. The van der Waals surface area contributed by atoms with Gasteiger partial charge in [0.2, 0.25) is 11.8 Å². The number of amides is 2. The molecule has 2 fully saturated rings. The predicted octanol–water partition coefficient (Wildman–Crippen LogP) is 1.25. The minimum atomic E-state index is -0.312. The summed E-state index contributed by atoms with van der Waals surface area (Å²) in [5, 5.41) is 11.9. The van der Waals surface area contributed by atoms with Gasteiger partial charge in [-0.25, -0.2) is 4.39 Å². The van der Waals surface area contributed by atoms with Crippen molar-refractivity contribution in [3.63, 3.8) is 0 Å². The van der Waals surface area contributed by atoms with Gasteiger partial charge in [-0.3, -0.25) is 14.5 Å². The third kappa shape index (κ3) is 6.52. The molecule has 2 aliphatic rings. The van der Waals surface area contributed by atoms with Crippen molar-refractivity contribution in [2.45, 2.75) is 24.5 Å². The van der Waals surface area contributed by atoms with E-state index in [1.54, 1.807) is 17.0 Å². The van der Waals surface area contributed by atoms with Gasteiger partial charge in [-0.2, -0.15) is 0 Å². The number of ether oxygens (including phenoxy) is 1. The lowest BCUT2D eigenvalue weighted by Gasteiger charge is -2.27. The Morgan fingerprint density at radius 2 is 1.76 bits per heavy atom. The number of carbonyl (C=O) groups excluding carboxylic acids is 2. The van der Waals surface area contributed by atoms with Crippen LogP contribution in [0.4, 0.5) is 4.39 Å². The number of nitrogens with zero attached hydrogens (tertiary/aromatic N) is 5. The van der Waals surface area contributed by atoms with Crippen LogP contribution < -0.4 is 5.32 Å². The number of benzene rings is 1. The normalized spacial score (nSPS) is 16.8. The summed E-state index contributed by atoms with van der Waals surface area (Å²) in [5.74, 6) is 0.187. The molecule has 0 aliphatic carbocycles. The van der Waals surface area contributed by atoms with Gasteiger partial charge >= 0.3 is 0 Å². The second-order valence-electron chi connectivity index (χ2n) is 8.07. The van der Waals surface area contributed by atoms with Crippen LogP contribution in [0.5, 0.6) is 0 Å². The van der Waals surface area contributed by atoms with Crippen LogP contribution >= 0.6 is 11.8 Å². The lowest BCUT2D eigenvalue weighted by molar-refractivity contribution is -0.131. The Bertz CT molecular complexity index is 942. The molecule has 1 aromatic heterocycles. The van der Waals surface area contributed by atoms with E-state index in [1.807, 2.05) is 4.57 Å². The molecule has 9 nitrogen and oxygen atoms in total. The Kier molecular flexibility index (Phi) is 8.30. The summed E-state index contributed by atoms with van der Waals surface area (Å²) < 4.78 is 20.8. The van der Waals surface area contributed by atoms with Crippen LogP contribution in [0.3, 0.4) is 0 Å². The molecular formula is C22H29FN6O3S. The predicted molar refractivity (Wildman–Crippen MR) is 122 cm³/mol. The molecule has 2 saturated heterocycles. The van der Waals surface area contributed by atoms with Crippen molar-refractivity contribution in [3.8, 4) is 11.4 Å². The molecule has 0 bridgehead atoms. The van der Waals surface area contributed by atoms with Crippen LogP contribution in [0.25, 0.3) is 11.4 Å². The molecule has 178 valence electrons. The van der Waals surface area contributed by atoms with Crippen molar-refractivity contribution >= 4 is 23.6 Å². The smallest absolute Gasteiger partial charge is 0.241 e. The van der Waals surface area contributed by atoms with Gasteiger partial charge in [-0.05, 0) is 37.1 Å². The van der Waals surface area contributed by atoms with E-state index in [9.17, 15) is 14.0 Å². The molecule has 1 aromatic carbocycles. The number of likely N-dealkylation sites (tertiary alicyclic amines) is 1. The average Bonchev–Trinajstić information content (AvgIpc) is 3.51. The third-order valence-electron chi connectivity index (χ3n) is 5.79. The molecule has 2 aromatic rings. The van der Waals surface area contributed by atoms with Crippen LogP contribution in [-0.4, -0.2) is 94.6 Å². The lowest BCUT2D eigenvalue weighted by atomic mass is 10.2. The largest absolute Gasteiger partial charge is 0.379 e. The fourth-order valence-electron chi connectivity index (χ4n) is 3.91. The van der Waals surface area contributed by atoms with E-state index in [4.69, 9.17) is 4.74 Å². The van der Waals surface area contributed by atoms with Crippen LogP contribution in [0.2, 0.25) is 0 Å². The van der Waals surface area contributed by atoms with Crippen LogP contribution in [-0.2, 0) is 20.9 Å². The standard InChI is InChI=1S/C22H29FN6O3S/c23-18-5-3-17(4-6-18)21-25-26-22(29(21)10-9-27-11-13-32-14-12-27)33-16-19(30)24-15-20(31)28-7-1-2-8-28/h3-6H,1-2,7-16H2,(H,24,30). The molecule has 0 saturated carbocycles. The van der Waals surface area contributed by atoms with E-state index >= 15 is 0 Å². The maximum Gasteiger partial charge on any atom is 0.241 e. The molecule has 4 rings (SSSR count). The van der Waals surface area contributed by atoms with E-state index < -0.39 is 0 Å². The summed E-state index contributed by atoms with van der Waals surface area (Å²) in [4.78, 5) is 28.6. The first-order chi connectivity index (χ1) is 16.1. The summed E-state index contributed by atoms with van der Waals surface area (Å²) in [7, 11) is 0. The topological polar surface area (TPSA) is 92.6 Å². The van der Waals surface area contributed by atoms with Gasteiger partial charge in [-0.1, -0.05) is 11.8 Å². The molecular weight excluding hydrogens is 447 g/mol. The van der Waals surface area contributed by atoms with Gasteiger partial charge in [0.1, 0.15) is 5.82 Å². The molecule has 0 spiro atoms. The molecule has 1 N–H and O–H groups in total. The van der Waals surface area contributed by atoms with Gasteiger partial charge < -0.3 is 19.5 Å². The monoisotopic (exact) mass is 476 g/mol. The molecule has 0 radical (unpaired) electrons. The zero-order valence-corrected chi connectivity index (χ0v) is 19.4. The molecule has 2 aliphatic heterocycles. The van der Waals surface area contributed by atoms with Gasteiger partial charge in [0.05, 0.1) is 25.5 Å². The highest BCUT2D eigenvalue weighted by atomic mass is 32.2. The average molecular weight is 477 g/mol. The summed E-state index contributed by atoms with van der Waals surface area (Å²) in [6.45, 7) is 6.13. The molecule has 0 unspecified atom stereocenters. The van der Waals surface area contributed by atoms with E-state index in [1.165, 1.54) is 23.9 Å².